The van der Waals surface area contributed by atoms with Crippen LogP contribution in [0.15, 0.2) is 167 Å². The number of ether oxygens (including phenoxy) is 1. The summed E-state index contributed by atoms with van der Waals surface area (Å²) in [5, 5.41) is 6.67. The molecule has 2 aliphatic heterocycles. The highest BCUT2D eigenvalue weighted by molar-refractivity contribution is 6.84. The Hall–Kier alpha value is -7.18. The predicted octanol–water partition coefficient (Wildman–Crippen LogP) is 11.5. The lowest BCUT2D eigenvalue weighted by Crippen LogP contribution is -2.53. The van der Waals surface area contributed by atoms with E-state index >= 15 is 0 Å². The molecule has 0 N–H and O–H groups in total. The third-order valence-electron chi connectivity index (χ3n) is 11.5. The molecule has 0 radical (unpaired) electrons. The summed E-state index contributed by atoms with van der Waals surface area (Å²) in [5.41, 5.74) is 13.0. The van der Waals surface area contributed by atoms with Crippen molar-refractivity contribution in [2.45, 2.75) is 0 Å². The average Bonchev–Trinajstić information content (AvgIpc) is 3.90. The largest absolute Gasteiger partial charge is 0.551 e. The highest BCUT2D eigenvalue weighted by Gasteiger charge is 2.41. The predicted molar refractivity (Wildman–Crippen MR) is 218 cm³/mol. The van der Waals surface area contributed by atoms with Crippen molar-refractivity contribution in [3.05, 3.63) is 158 Å². The molecule has 13 rings (SSSR count). The highest BCUT2D eigenvalue weighted by atomic mass is 16.5. The molecule has 0 amide bonds. The van der Waals surface area contributed by atoms with Crippen molar-refractivity contribution in [2.24, 2.45) is 0 Å². The lowest BCUT2D eigenvalue weighted by molar-refractivity contribution is 0.479. The van der Waals surface area contributed by atoms with Crippen LogP contribution in [0, 0.1) is 0 Å². The summed E-state index contributed by atoms with van der Waals surface area (Å²) < 4.78 is 29.0. The van der Waals surface area contributed by atoms with Crippen molar-refractivity contribution in [3.8, 4) is 45.2 Å². The molecule has 250 valence electrons. The zero-order valence-electron chi connectivity index (χ0n) is 28.7. The molecule has 0 saturated carbocycles. The van der Waals surface area contributed by atoms with Crippen molar-refractivity contribution in [3.63, 3.8) is 0 Å². The second-order valence-corrected chi connectivity index (χ2v) is 14.4. The van der Waals surface area contributed by atoms with Crippen LogP contribution in [0.2, 0.25) is 0 Å². The average molecular weight is 692 g/mol. The summed E-state index contributed by atoms with van der Waals surface area (Å²) in [6.45, 7) is -0.307. The summed E-state index contributed by atoms with van der Waals surface area (Å²) in [6.07, 6.45) is 0. The smallest absolute Gasteiger partial charge is 0.434 e. The van der Waals surface area contributed by atoms with Crippen LogP contribution in [0.4, 0.5) is 0 Å². The molecule has 0 atom stereocenters. The van der Waals surface area contributed by atoms with Gasteiger partial charge >= 0.3 is 6.92 Å². The van der Waals surface area contributed by atoms with Crippen LogP contribution in [0.1, 0.15) is 0 Å². The minimum Gasteiger partial charge on any atom is -0.551 e. The number of fused-ring (bicyclic) bond motifs is 14. The third-order valence-corrected chi connectivity index (χ3v) is 11.5. The monoisotopic (exact) mass is 691 g/mol. The van der Waals surface area contributed by atoms with Crippen LogP contribution in [-0.4, -0.2) is 11.5 Å². The van der Waals surface area contributed by atoms with Gasteiger partial charge in [0.1, 0.15) is 39.6 Å². The highest BCUT2D eigenvalue weighted by Crippen LogP contribution is 2.44. The third kappa shape index (κ3) is 3.73. The van der Waals surface area contributed by atoms with Crippen molar-refractivity contribution < 1.29 is 18.2 Å². The molecule has 0 saturated heterocycles. The fourth-order valence-corrected chi connectivity index (χ4v) is 9.08. The molecule has 54 heavy (non-hydrogen) atoms. The minimum absolute atomic E-state index is 0.307. The molecular formula is C48H26BNO4. The summed E-state index contributed by atoms with van der Waals surface area (Å²) in [6, 6.07) is 55.2. The summed E-state index contributed by atoms with van der Waals surface area (Å²) in [7, 11) is 0. The number of furan rings is 2. The SMILES string of the molecule is c1ccc2c(c1)OB1c3ccc(-c4ccc5c(c4)oc4ccc6c7ccccc7oc6c45)cc3Oc3cc(-n4c5ccccc5c5ccccc54)cc-2c31. The molecule has 8 aromatic carbocycles. The second-order valence-electron chi connectivity index (χ2n) is 14.4. The first-order valence-electron chi connectivity index (χ1n) is 18.3. The second kappa shape index (κ2) is 10.2. The van der Waals surface area contributed by atoms with Gasteiger partial charge in [0.25, 0.3) is 0 Å². The van der Waals surface area contributed by atoms with E-state index in [4.69, 9.17) is 18.2 Å². The maximum absolute atomic E-state index is 6.95. The zero-order chi connectivity index (χ0) is 35.1. The van der Waals surface area contributed by atoms with E-state index in [2.05, 4.69) is 132 Å². The topological polar surface area (TPSA) is 49.7 Å². The standard InChI is InChI=1S/C48H26BNO4/c1-5-13-38-30(9-1)31-10-2-6-14-39(31)50(38)29-25-36-33-12-4-8-16-41(33)54-49-37-21-18-28(24-44(37)52-45(26-29)47(36)49)27-17-19-35-43(23-27)51-42-22-20-34-32-11-3-7-15-40(32)53-48(34)46(35)42/h1-26H. The summed E-state index contributed by atoms with van der Waals surface area (Å²) in [5.74, 6) is 2.45. The van der Waals surface area contributed by atoms with Gasteiger partial charge < -0.3 is 22.8 Å². The van der Waals surface area contributed by atoms with E-state index in [9.17, 15) is 0 Å². The molecule has 5 heterocycles. The maximum Gasteiger partial charge on any atom is 0.434 e. The Bertz CT molecular complexity index is 3370. The van der Waals surface area contributed by atoms with Gasteiger partial charge in [0.15, 0.2) is 0 Å². The lowest BCUT2D eigenvalue weighted by atomic mass is 9.50. The van der Waals surface area contributed by atoms with Crippen LogP contribution in [0.25, 0.3) is 93.6 Å². The Morgan fingerprint density at radius 3 is 2.04 bits per heavy atom. The van der Waals surface area contributed by atoms with Gasteiger partial charge in [0.2, 0.25) is 0 Å². The van der Waals surface area contributed by atoms with Crippen molar-refractivity contribution in [1.29, 1.82) is 0 Å². The van der Waals surface area contributed by atoms with Gasteiger partial charge in [-0.15, -0.1) is 0 Å². The molecule has 0 unspecified atom stereocenters. The zero-order valence-corrected chi connectivity index (χ0v) is 28.7. The van der Waals surface area contributed by atoms with Gasteiger partial charge in [-0.05, 0) is 77.4 Å². The van der Waals surface area contributed by atoms with Gasteiger partial charge in [-0.2, -0.15) is 0 Å². The van der Waals surface area contributed by atoms with Gasteiger partial charge in [0.05, 0.1) is 22.1 Å². The molecule has 0 aliphatic carbocycles. The van der Waals surface area contributed by atoms with Crippen molar-refractivity contribution >= 4 is 83.5 Å². The molecule has 11 aromatic rings. The van der Waals surface area contributed by atoms with Crippen LogP contribution >= 0.6 is 0 Å². The Kier molecular flexibility index (Phi) is 5.39. The van der Waals surface area contributed by atoms with E-state index in [1.54, 1.807) is 0 Å². The number of nitrogens with zero attached hydrogens (tertiary/aromatic N) is 1. The lowest BCUT2D eigenvalue weighted by Gasteiger charge is -2.33. The number of rotatable bonds is 2. The Morgan fingerprint density at radius 2 is 1.17 bits per heavy atom. The first-order valence-corrected chi connectivity index (χ1v) is 18.3. The van der Waals surface area contributed by atoms with E-state index in [0.29, 0.717) is 0 Å². The molecule has 0 fully saturated rings. The Morgan fingerprint density at radius 1 is 0.444 bits per heavy atom. The van der Waals surface area contributed by atoms with Crippen molar-refractivity contribution in [2.75, 3.05) is 0 Å². The number of aromatic nitrogens is 1. The summed E-state index contributed by atoms with van der Waals surface area (Å²) >= 11 is 0. The van der Waals surface area contributed by atoms with Crippen LogP contribution in [-0.2, 0) is 0 Å². The minimum atomic E-state index is -0.307. The molecular weight excluding hydrogens is 665 g/mol. The van der Waals surface area contributed by atoms with Crippen LogP contribution < -0.4 is 20.3 Å². The fourth-order valence-electron chi connectivity index (χ4n) is 9.08. The number of hydrogen-bond acceptors (Lipinski definition) is 4. The van der Waals surface area contributed by atoms with Crippen LogP contribution in [0.5, 0.6) is 17.2 Å². The molecule has 0 spiro atoms. The molecule has 5 nitrogen and oxygen atoms in total. The van der Waals surface area contributed by atoms with Gasteiger partial charge in [-0.3, -0.25) is 0 Å². The van der Waals surface area contributed by atoms with E-state index in [0.717, 1.165) is 111 Å². The van der Waals surface area contributed by atoms with E-state index in [1.807, 2.05) is 30.3 Å². The quantitative estimate of drug-likeness (QED) is 0.169. The number of benzene rings is 8. The molecule has 0 bridgehead atoms. The number of hydrogen-bond donors (Lipinski definition) is 0. The fraction of sp³-hybridized carbons (Fsp3) is 0. The molecule has 6 heteroatoms. The first-order chi connectivity index (χ1) is 26.7. The van der Waals surface area contributed by atoms with E-state index in [1.165, 1.54) is 10.8 Å². The maximum atomic E-state index is 6.95. The Balaban J connectivity index is 0.974. The van der Waals surface area contributed by atoms with Gasteiger partial charge in [-0.1, -0.05) is 91.0 Å². The number of para-hydroxylation sites is 4. The molecule has 2 aliphatic rings. The summed E-state index contributed by atoms with van der Waals surface area (Å²) in [4.78, 5) is 0. The normalized spacial score (nSPS) is 13.1. The first kappa shape index (κ1) is 28.4. The molecule has 3 aromatic heterocycles. The van der Waals surface area contributed by atoms with Gasteiger partial charge in [-0.25, -0.2) is 0 Å². The van der Waals surface area contributed by atoms with Gasteiger partial charge in [0, 0.05) is 49.5 Å². The van der Waals surface area contributed by atoms with E-state index in [-0.39, 0.29) is 6.92 Å². The van der Waals surface area contributed by atoms with Crippen LogP contribution in [0.3, 0.4) is 0 Å². The Labute approximate surface area is 308 Å². The van der Waals surface area contributed by atoms with Crippen molar-refractivity contribution in [1.82, 2.24) is 4.57 Å². The van der Waals surface area contributed by atoms with E-state index < -0.39 is 0 Å².